The molecule has 4 rings (SSSR count). The molecule has 5 N–H and O–H groups in total. The number of aryl methyl sites for hydroxylation is 2. The van der Waals surface area contributed by atoms with Crippen LogP contribution in [0.2, 0.25) is 0 Å². The molecular weight excluding hydrogens is 478 g/mol. The molecule has 0 saturated heterocycles. The van der Waals surface area contributed by atoms with Gasteiger partial charge in [0.2, 0.25) is 11.8 Å². The molecule has 10 nitrogen and oxygen atoms in total. The zero-order valence-corrected chi connectivity index (χ0v) is 20.4. The second kappa shape index (κ2) is 10.6. The Labute approximate surface area is 211 Å². The number of carbonyl (C=O) groups excluding carboxylic acids is 2. The Kier molecular flexibility index (Phi) is 7.28. The van der Waals surface area contributed by atoms with Crippen LogP contribution < -0.4 is 16.3 Å². The van der Waals surface area contributed by atoms with Gasteiger partial charge in [-0.05, 0) is 49.6 Å². The monoisotopic (exact) mass is 505 g/mol. The number of aromatic nitrogens is 1. The molecule has 0 aliphatic heterocycles. The van der Waals surface area contributed by atoms with Gasteiger partial charge < -0.3 is 30.2 Å². The second-order valence-electron chi connectivity index (χ2n) is 8.87. The summed E-state index contributed by atoms with van der Waals surface area (Å²) in [7, 11) is 0. The first-order valence-corrected chi connectivity index (χ1v) is 11.7. The summed E-state index contributed by atoms with van der Waals surface area (Å²) in [6, 6.07) is 9.66. The van der Waals surface area contributed by atoms with E-state index in [4.69, 9.17) is 9.52 Å². The van der Waals surface area contributed by atoms with Crippen LogP contribution in [0.4, 0.5) is 0 Å². The maximum Gasteiger partial charge on any atom is 0.339 e. The van der Waals surface area contributed by atoms with Gasteiger partial charge in [0.05, 0.1) is 0 Å². The van der Waals surface area contributed by atoms with E-state index in [1.807, 2.05) is 24.3 Å². The molecule has 0 spiro atoms. The second-order valence-corrected chi connectivity index (χ2v) is 8.87. The minimum absolute atomic E-state index is 0.0181. The van der Waals surface area contributed by atoms with Crippen molar-refractivity contribution in [2.75, 3.05) is 6.54 Å². The molecule has 0 fully saturated rings. The lowest BCUT2D eigenvalue weighted by Crippen LogP contribution is -2.49. The van der Waals surface area contributed by atoms with Crippen LogP contribution >= 0.6 is 0 Å². The van der Waals surface area contributed by atoms with Crippen molar-refractivity contribution in [3.63, 3.8) is 0 Å². The molecule has 37 heavy (non-hydrogen) atoms. The van der Waals surface area contributed by atoms with Crippen LogP contribution in [-0.2, 0) is 27.2 Å². The fourth-order valence-electron chi connectivity index (χ4n) is 4.39. The summed E-state index contributed by atoms with van der Waals surface area (Å²) < 4.78 is 5.43. The van der Waals surface area contributed by atoms with E-state index >= 15 is 0 Å². The van der Waals surface area contributed by atoms with Gasteiger partial charge in [0.1, 0.15) is 23.9 Å². The van der Waals surface area contributed by atoms with Crippen molar-refractivity contribution in [2.24, 2.45) is 0 Å². The van der Waals surface area contributed by atoms with Crippen molar-refractivity contribution in [2.45, 2.75) is 39.2 Å². The average Bonchev–Trinajstić information content (AvgIpc) is 3.27. The number of carboxylic acid groups (broad SMARTS) is 1. The number of nitrogens with one attached hydrogen (secondary N) is 3. The lowest BCUT2D eigenvalue weighted by Gasteiger charge is -2.18. The van der Waals surface area contributed by atoms with E-state index in [2.05, 4.69) is 15.6 Å². The predicted octanol–water partition coefficient (Wildman–Crippen LogP) is 2.46. The standard InChI is InChI=1S/C27H27N3O7/c1-14-17-7-9-22(31)15(2)25(17)37-27(36)18(14)8-10-23(32)30-21(26(35)29-13-24(33)34)11-16-12-28-20-6-4-3-5-19(16)20/h3-7,9,12,21,28,31H,8,10-11,13H2,1-2H3,(H,29,35)(H,30,32)(H,33,34)/t21-/m1/s1. The molecule has 0 aliphatic rings. The maximum absolute atomic E-state index is 12.9. The van der Waals surface area contributed by atoms with Gasteiger partial charge in [-0.15, -0.1) is 0 Å². The number of benzene rings is 2. The zero-order chi connectivity index (χ0) is 26.7. The predicted molar refractivity (Wildman–Crippen MR) is 137 cm³/mol. The van der Waals surface area contributed by atoms with E-state index in [0.29, 0.717) is 27.7 Å². The number of aromatic hydroxyl groups is 1. The maximum atomic E-state index is 12.9. The highest BCUT2D eigenvalue weighted by Gasteiger charge is 2.24. The van der Waals surface area contributed by atoms with E-state index in [-0.39, 0.29) is 25.0 Å². The van der Waals surface area contributed by atoms with Crippen LogP contribution in [0, 0.1) is 13.8 Å². The highest BCUT2D eigenvalue weighted by atomic mass is 16.4. The van der Waals surface area contributed by atoms with Crippen molar-refractivity contribution in [3.8, 4) is 5.75 Å². The normalized spacial score (nSPS) is 11.9. The van der Waals surface area contributed by atoms with Crippen molar-refractivity contribution in [3.05, 3.63) is 75.3 Å². The van der Waals surface area contributed by atoms with E-state index in [1.54, 1.807) is 26.1 Å². The third-order valence-electron chi connectivity index (χ3n) is 6.44. The van der Waals surface area contributed by atoms with Gasteiger partial charge in [0.15, 0.2) is 0 Å². The molecule has 0 unspecified atom stereocenters. The molecule has 2 aromatic heterocycles. The number of hydrogen-bond donors (Lipinski definition) is 5. The van der Waals surface area contributed by atoms with E-state index in [0.717, 1.165) is 16.5 Å². The average molecular weight is 506 g/mol. The number of fused-ring (bicyclic) bond motifs is 2. The first kappa shape index (κ1) is 25.5. The summed E-state index contributed by atoms with van der Waals surface area (Å²) in [6.07, 6.45) is 1.87. The van der Waals surface area contributed by atoms with Gasteiger partial charge in [-0.1, -0.05) is 18.2 Å². The molecule has 2 aromatic carbocycles. The topological polar surface area (TPSA) is 162 Å². The lowest BCUT2D eigenvalue weighted by atomic mass is 10.00. The highest BCUT2D eigenvalue weighted by Crippen LogP contribution is 2.28. The number of H-pyrrole nitrogens is 1. The number of phenols is 1. The van der Waals surface area contributed by atoms with Crippen LogP contribution in [0.25, 0.3) is 21.9 Å². The Morgan fingerprint density at radius 3 is 2.57 bits per heavy atom. The third-order valence-corrected chi connectivity index (χ3v) is 6.44. The summed E-state index contributed by atoms with van der Waals surface area (Å²) >= 11 is 0. The Balaban J connectivity index is 1.52. The summed E-state index contributed by atoms with van der Waals surface area (Å²) in [6.45, 7) is 2.82. The summed E-state index contributed by atoms with van der Waals surface area (Å²) in [5, 5.41) is 25.4. The zero-order valence-electron chi connectivity index (χ0n) is 20.4. The van der Waals surface area contributed by atoms with Gasteiger partial charge in [-0.3, -0.25) is 14.4 Å². The number of para-hydroxylation sites is 1. The largest absolute Gasteiger partial charge is 0.508 e. The molecule has 0 aliphatic carbocycles. The number of rotatable bonds is 9. The molecule has 192 valence electrons. The minimum Gasteiger partial charge on any atom is -0.508 e. The number of aliphatic carboxylic acids is 1. The van der Waals surface area contributed by atoms with E-state index in [1.165, 1.54) is 6.07 Å². The Bertz CT molecular complexity index is 1570. The van der Waals surface area contributed by atoms with E-state index in [9.17, 15) is 24.3 Å². The Morgan fingerprint density at radius 2 is 1.81 bits per heavy atom. The fourth-order valence-corrected chi connectivity index (χ4v) is 4.39. The number of hydrogen-bond acceptors (Lipinski definition) is 6. The third kappa shape index (κ3) is 5.48. The Morgan fingerprint density at radius 1 is 1.05 bits per heavy atom. The number of carboxylic acids is 1. The number of aromatic amines is 1. The van der Waals surface area contributed by atoms with Crippen molar-refractivity contribution in [1.29, 1.82) is 0 Å². The smallest absolute Gasteiger partial charge is 0.339 e. The molecule has 10 heteroatoms. The molecule has 2 heterocycles. The van der Waals surface area contributed by atoms with Crippen LogP contribution in [0.3, 0.4) is 0 Å². The highest BCUT2D eigenvalue weighted by molar-refractivity contribution is 5.91. The number of phenolic OH excluding ortho intramolecular Hbond substituents is 1. The van der Waals surface area contributed by atoms with Crippen molar-refractivity contribution < 1.29 is 29.0 Å². The van der Waals surface area contributed by atoms with Crippen LogP contribution in [0.5, 0.6) is 5.75 Å². The van der Waals surface area contributed by atoms with Gasteiger partial charge >= 0.3 is 11.6 Å². The first-order chi connectivity index (χ1) is 17.7. The molecular formula is C27H27N3O7. The molecule has 0 bridgehead atoms. The molecule has 0 radical (unpaired) electrons. The molecule has 0 saturated carbocycles. The molecule has 4 aromatic rings. The molecule has 1 atom stereocenters. The van der Waals surface area contributed by atoms with Crippen LogP contribution in [-0.4, -0.2) is 45.6 Å². The van der Waals surface area contributed by atoms with Gasteiger partial charge in [-0.2, -0.15) is 0 Å². The van der Waals surface area contributed by atoms with Gasteiger partial charge in [-0.25, -0.2) is 4.79 Å². The van der Waals surface area contributed by atoms with Crippen LogP contribution in [0.1, 0.15) is 28.7 Å². The minimum atomic E-state index is -1.20. The lowest BCUT2D eigenvalue weighted by molar-refractivity contribution is -0.138. The first-order valence-electron chi connectivity index (χ1n) is 11.7. The van der Waals surface area contributed by atoms with Crippen LogP contribution in [0.15, 0.2) is 51.8 Å². The van der Waals surface area contributed by atoms with Crippen molar-refractivity contribution >= 4 is 39.7 Å². The Hall–Kier alpha value is -4.60. The summed E-state index contributed by atoms with van der Waals surface area (Å²) in [5.41, 5.74) is 2.79. The number of carbonyl (C=O) groups is 3. The van der Waals surface area contributed by atoms with E-state index < -0.39 is 36.0 Å². The number of amides is 2. The van der Waals surface area contributed by atoms with Gasteiger partial charge in [0.25, 0.3) is 0 Å². The van der Waals surface area contributed by atoms with Gasteiger partial charge in [0, 0.05) is 46.5 Å². The molecule has 2 amide bonds. The SMILES string of the molecule is Cc1c(CCC(=O)N[C@H](Cc2c[nH]c3ccccc23)C(=O)NCC(=O)O)c(=O)oc2c(C)c(O)ccc12. The summed E-state index contributed by atoms with van der Waals surface area (Å²) in [5.74, 6) is -2.29. The fraction of sp³-hybridized carbons (Fsp3) is 0.259. The summed E-state index contributed by atoms with van der Waals surface area (Å²) in [4.78, 5) is 52.3. The quantitative estimate of drug-likeness (QED) is 0.218. The van der Waals surface area contributed by atoms with Crippen molar-refractivity contribution in [1.82, 2.24) is 15.6 Å².